The second kappa shape index (κ2) is 9.15. The Morgan fingerprint density at radius 1 is 1.07 bits per heavy atom. The molecule has 0 fully saturated rings. The first-order valence-electron chi connectivity index (χ1n) is 9.31. The first-order chi connectivity index (χ1) is 13.8. The molecule has 0 atom stereocenters. The number of benzene rings is 1. The molecule has 9 heteroatoms. The highest BCUT2D eigenvalue weighted by atomic mass is 32.1. The van der Waals surface area contributed by atoms with Crippen LogP contribution in [0.5, 0.6) is 0 Å². The molecule has 154 valence electrons. The summed E-state index contributed by atoms with van der Waals surface area (Å²) in [6.45, 7) is -0.0496. The summed E-state index contributed by atoms with van der Waals surface area (Å²) in [5, 5.41) is 5.90. The summed E-state index contributed by atoms with van der Waals surface area (Å²) in [4.78, 5) is 39.0. The SMILES string of the molecule is CN(CC(=O)Nc1ccc(F)cc1)CC(=O)Nc1sc2c(c1C(N)=O)CCCC2. The van der Waals surface area contributed by atoms with Gasteiger partial charge in [0.05, 0.1) is 18.7 Å². The minimum Gasteiger partial charge on any atom is -0.365 e. The van der Waals surface area contributed by atoms with Gasteiger partial charge in [0.15, 0.2) is 0 Å². The van der Waals surface area contributed by atoms with E-state index in [4.69, 9.17) is 5.73 Å². The van der Waals surface area contributed by atoms with Crippen LogP contribution in [0.25, 0.3) is 0 Å². The number of nitrogens with two attached hydrogens (primary N) is 1. The van der Waals surface area contributed by atoms with Gasteiger partial charge in [0.2, 0.25) is 11.8 Å². The normalized spacial score (nSPS) is 13.1. The molecule has 0 spiro atoms. The van der Waals surface area contributed by atoms with Crippen LogP contribution in [0.3, 0.4) is 0 Å². The van der Waals surface area contributed by atoms with Crippen LogP contribution in [0.2, 0.25) is 0 Å². The number of likely N-dealkylation sites (N-methyl/N-ethyl adjacent to an activating group) is 1. The lowest BCUT2D eigenvalue weighted by Gasteiger charge is -2.16. The van der Waals surface area contributed by atoms with Crippen LogP contribution in [-0.4, -0.2) is 42.8 Å². The summed E-state index contributed by atoms with van der Waals surface area (Å²) in [5.74, 6) is -1.58. The van der Waals surface area contributed by atoms with E-state index in [1.807, 2.05) is 0 Å². The van der Waals surface area contributed by atoms with E-state index < -0.39 is 5.91 Å². The molecule has 0 unspecified atom stereocenters. The molecule has 4 N–H and O–H groups in total. The molecule has 0 radical (unpaired) electrons. The van der Waals surface area contributed by atoms with Gasteiger partial charge in [-0.05, 0) is 62.6 Å². The van der Waals surface area contributed by atoms with E-state index >= 15 is 0 Å². The van der Waals surface area contributed by atoms with Gasteiger partial charge in [0.25, 0.3) is 5.91 Å². The molecule has 0 bridgehead atoms. The number of anilines is 2. The molecular weight excluding hydrogens is 395 g/mol. The molecule has 0 saturated heterocycles. The van der Waals surface area contributed by atoms with E-state index in [9.17, 15) is 18.8 Å². The van der Waals surface area contributed by atoms with Crippen molar-refractivity contribution in [1.82, 2.24) is 4.90 Å². The van der Waals surface area contributed by atoms with E-state index in [0.717, 1.165) is 36.1 Å². The molecule has 3 rings (SSSR count). The summed E-state index contributed by atoms with van der Waals surface area (Å²) in [5.41, 5.74) is 7.38. The minimum absolute atomic E-state index is 0.0194. The quantitative estimate of drug-likeness (QED) is 0.642. The number of nitrogens with one attached hydrogen (secondary N) is 2. The molecule has 1 aromatic heterocycles. The van der Waals surface area contributed by atoms with Crippen molar-refractivity contribution in [2.45, 2.75) is 25.7 Å². The third-order valence-electron chi connectivity index (χ3n) is 4.63. The molecule has 1 heterocycles. The lowest BCUT2D eigenvalue weighted by atomic mass is 9.95. The van der Waals surface area contributed by atoms with Gasteiger partial charge in [-0.15, -0.1) is 11.3 Å². The van der Waals surface area contributed by atoms with Gasteiger partial charge in [0.1, 0.15) is 10.8 Å². The molecule has 3 amide bonds. The molecule has 1 aliphatic carbocycles. The van der Waals surface area contributed by atoms with Gasteiger partial charge < -0.3 is 16.4 Å². The van der Waals surface area contributed by atoms with Crippen molar-refractivity contribution in [3.63, 3.8) is 0 Å². The Labute approximate surface area is 172 Å². The third kappa shape index (κ3) is 5.39. The number of primary amides is 1. The lowest BCUT2D eigenvalue weighted by molar-refractivity contribution is -0.119. The Balaban J connectivity index is 1.56. The third-order valence-corrected chi connectivity index (χ3v) is 5.83. The topological polar surface area (TPSA) is 105 Å². The fourth-order valence-corrected chi connectivity index (χ4v) is 4.67. The van der Waals surface area contributed by atoms with Gasteiger partial charge in [-0.25, -0.2) is 4.39 Å². The van der Waals surface area contributed by atoms with E-state index in [2.05, 4.69) is 10.6 Å². The van der Waals surface area contributed by atoms with E-state index in [0.29, 0.717) is 16.3 Å². The van der Waals surface area contributed by atoms with Crippen molar-refractivity contribution in [1.29, 1.82) is 0 Å². The Morgan fingerprint density at radius 2 is 1.69 bits per heavy atom. The van der Waals surface area contributed by atoms with E-state index in [1.54, 1.807) is 11.9 Å². The van der Waals surface area contributed by atoms with Crippen LogP contribution >= 0.6 is 11.3 Å². The predicted molar refractivity (Wildman–Crippen MR) is 111 cm³/mol. The maximum atomic E-state index is 12.9. The number of carbonyl (C=O) groups excluding carboxylic acids is 3. The zero-order valence-electron chi connectivity index (χ0n) is 16.1. The number of rotatable bonds is 7. The molecule has 29 heavy (non-hydrogen) atoms. The summed E-state index contributed by atoms with van der Waals surface area (Å²) in [7, 11) is 1.64. The fraction of sp³-hybridized carbons (Fsp3) is 0.350. The van der Waals surface area contributed by atoms with E-state index in [-0.39, 0.29) is 30.7 Å². The van der Waals surface area contributed by atoms with Crippen molar-refractivity contribution < 1.29 is 18.8 Å². The van der Waals surface area contributed by atoms with Crippen LogP contribution in [-0.2, 0) is 22.4 Å². The Morgan fingerprint density at radius 3 is 2.34 bits per heavy atom. The molecule has 1 aliphatic rings. The van der Waals surface area contributed by atoms with Crippen LogP contribution in [0.15, 0.2) is 24.3 Å². The first-order valence-corrected chi connectivity index (χ1v) is 10.1. The number of halogens is 1. The van der Waals surface area contributed by atoms with Crippen molar-refractivity contribution in [3.05, 3.63) is 46.1 Å². The number of hydrogen-bond acceptors (Lipinski definition) is 5. The minimum atomic E-state index is -0.535. The average molecular weight is 418 g/mol. The van der Waals surface area contributed by atoms with E-state index in [1.165, 1.54) is 35.6 Å². The monoisotopic (exact) mass is 418 g/mol. The predicted octanol–water partition coefficient (Wildman–Crippen LogP) is 2.37. The van der Waals surface area contributed by atoms with Gasteiger partial charge in [-0.1, -0.05) is 0 Å². The highest BCUT2D eigenvalue weighted by Crippen LogP contribution is 2.37. The summed E-state index contributed by atoms with van der Waals surface area (Å²) < 4.78 is 12.9. The second-order valence-corrected chi connectivity index (χ2v) is 8.16. The zero-order chi connectivity index (χ0) is 21.0. The first kappa shape index (κ1) is 20.9. The molecular formula is C20H23FN4O3S. The number of amides is 3. The summed E-state index contributed by atoms with van der Waals surface area (Å²) >= 11 is 1.40. The fourth-order valence-electron chi connectivity index (χ4n) is 3.36. The van der Waals surface area contributed by atoms with Gasteiger partial charge in [-0.2, -0.15) is 0 Å². The number of aryl methyl sites for hydroxylation is 1. The van der Waals surface area contributed by atoms with Crippen LogP contribution < -0.4 is 16.4 Å². The van der Waals surface area contributed by atoms with Crippen molar-refractivity contribution in [2.24, 2.45) is 5.73 Å². The molecule has 0 saturated carbocycles. The number of fused-ring (bicyclic) bond motifs is 1. The van der Waals surface area contributed by atoms with Gasteiger partial charge in [0, 0.05) is 10.6 Å². The maximum Gasteiger partial charge on any atom is 0.251 e. The second-order valence-electron chi connectivity index (χ2n) is 7.05. The van der Waals surface area contributed by atoms with Crippen molar-refractivity contribution >= 4 is 39.7 Å². The highest BCUT2D eigenvalue weighted by Gasteiger charge is 2.25. The number of carbonyl (C=O) groups is 3. The lowest BCUT2D eigenvalue weighted by Crippen LogP contribution is -2.36. The van der Waals surface area contributed by atoms with Crippen LogP contribution in [0.4, 0.5) is 15.1 Å². The summed E-state index contributed by atoms with van der Waals surface area (Å²) in [6.07, 6.45) is 3.75. The van der Waals surface area contributed by atoms with Gasteiger partial charge in [-0.3, -0.25) is 19.3 Å². The molecule has 0 aliphatic heterocycles. The Hall–Kier alpha value is -2.78. The summed E-state index contributed by atoms with van der Waals surface area (Å²) in [6, 6.07) is 5.43. The number of hydrogen-bond donors (Lipinski definition) is 3. The smallest absolute Gasteiger partial charge is 0.251 e. The largest absolute Gasteiger partial charge is 0.365 e. The average Bonchev–Trinajstić information content (AvgIpc) is 3.01. The highest BCUT2D eigenvalue weighted by molar-refractivity contribution is 7.17. The number of thiophene rings is 1. The Bertz CT molecular complexity index is 927. The maximum absolute atomic E-state index is 12.9. The molecule has 7 nitrogen and oxygen atoms in total. The van der Waals surface area contributed by atoms with Crippen LogP contribution in [0.1, 0.15) is 33.6 Å². The molecule has 1 aromatic carbocycles. The van der Waals surface area contributed by atoms with Crippen molar-refractivity contribution in [2.75, 3.05) is 30.8 Å². The number of nitrogens with zero attached hydrogens (tertiary/aromatic N) is 1. The van der Waals surface area contributed by atoms with Gasteiger partial charge >= 0.3 is 0 Å². The standard InChI is InChI=1S/C20H23FN4O3S/c1-25(10-16(26)23-13-8-6-12(21)7-9-13)11-17(27)24-20-18(19(22)28)14-4-2-3-5-15(14)29-20/h6-9H,2-5,10-11H2,1H3,(H2,22,28)(H,23,26)(H,24,27). The van der Waals surface area contributed by atoms with Crippen LogP contribution in [0, 0.1) is 5.82 Å². The van der Waals surface area contributed by atoms with Crippen molar-refractivity contribution in [3.8, 4) is 0 Å². The Kier molecular flexibility index (Phi) is 6.60. The molecule has 2 aromatic rings. The zero-order valence-corrected chi connectivity index (χ0v) is 16.9.